The van der Waals surface area contributed by atoms with Crippen LogP contribution in [0.2, 0.25) is 0 Å². The lowest BCUT2D eigenvalue weighted by molar-refractivity contribution is 0.0955. The molecule has 0 aliphatic carbocycles. The smallest absolute Gasteiger partial charge is 0.138 e. The third kappa shape index (κ3) is 9.61. The second-order valence-corrected chi connectivity index (χ2v) is 9.93. The molecule has 0 amide bonds. The van der Waals surface area contributed by atoms with Crippen LogP contribution in [-0.4, -0.2) is 58.3 Å². The second-order valence-electron chi connectivity index (χ2n) is 9.93. The Balaban J connectivity index is 0.000000270. The molecule has 204 valence electrons. The van der Waals surface area contributed by atoms with Crippen molar-refractivity contribution < 1.29 is 20.1 Å². The van der Waals surface area contributed by atoms with Crippen LogP contribution in [0.15, 0.2) is 103 Å². The van der Waals surface area contributed by atoms with Gasteiger partial charge in [0.05, 0.1) is 25.0 Å². The van der Waals surface area contributed by atoms with Gasteiger partial charge in [-0.25, -0.2) is 0 Å². The molecular weight excluding hydrogens is 488 g/mol. The van der Waals surface area contributed by atoms with Crippen LogP contribution >= 0.6 is 0 Å². The molecule has 3 atom stereocenters. The third-order valence-corrected chi connectivity index (χ3v) is 6.66. The van der Waals surface area contributed by atoms with E-state index in [1.807, 2.05) is 66.9 Å². The molecule has 4 aromatic rings. The fourth-order valence-electron chi connectivity index (χ4n) is 4.40. The molecule has 1 saturated heterocycles. The first-order chi connectivity index (χ1) is 19.1. The Kier molecular flexibility index (Phi) is 11.1. The van der Waals surface area contributed by atoms with Crippen molar-refractivity contribution in [3.05, 3.63) is 120 Å². The van der Waals surface area contributed by atoms with Crippen LogP contribution in [0.25, 0.3) is 11.1 Å². The number of benzene rings is 3. The predicted molar refractivity (Wildman–Crippen MR) is 155 cm³/mol. The molecule has 1 aliphatic heterocycles. The Morgan fingerprint density at radius 1 is 0.744 bits per heavy atom. The molecule has 6 heteroatoms. The van der Waals surface area contributed by atoms with Gasteiger partial charge in [-0.3, -0.25) is 4.98 Å². The van der Waals surface area contributed by atoms with E-state index in [9.17, 15) is 5.11 Å². The molecule has 2 heterocycles. The predicted octanol–water partition coefficient (Wildman–Crippen LogP) is 4.22. The van der Waals surface area contributed by atoms with Crippen LogP contribution in [0.4, 0.5) is 0 Å². The van der Waals surface area contributed by atoms with Crippen LogP contribution in [0.5, 0.6) is 5.75 Å². The van der Waals surface area contributed by atoms with Crippen molar-refractivity contribution in [2.24, 2.45) is 0 Å². The first-order valence-corrected chi connectivity index (χ1v) is 13.5. The summed E-state index contributed by atoms with van der Waals surface area (Å²) in [6.07, 6.45) is 5.56. The maximum atomic E-state index is 10.5. The molecule has 0 saturated carbocycles. The van der Waals surface area contributed by atoms with Crippen LogP contribution in [0, 0.1) is 0 Å². The van der Waals surface area contributed by atoms with Crippen LogP contribution < -0.4 is 10.1 Å². The number of aromatic nitrogens is 1. The Morgan fingerprint density at radius 3 is 1.97 bits per heavy atom. The standard InChI is InChI=1S/C24H26N2O2.C9H12O2/c27-23(12-18-5-2-1-3-6-18)13-19-7-4-8-20(11-19)21-14-24(16-25-15-21)28-17-22-9-10-26-22;10-7-9(11)6-8-4-2-1-3-5-8/h1-8,11,14-16,22-23,26-27H,9-10,12-13,17H2;1-5,9-11H,6-7H2/t22-,23+;9-/m01/s1. The van der Waals surface area contributed by atoms with E-state index in [1.165, 1.54) is 6.42 Å². The van der Waals surface area contributed by atoms with Gasteiger partial charge in [0.25, 0.3) is 0 Å². The van der Waals surface area contributed by atoms with Crippen molar-refractivity contribution >= 4 is 0 Å². The van der Waals surface area contributed by atoms with Gasteiger partial charge in [0.15, 0.2) is 0 Å². The van der Waals surface area contributed by atoms with Crippen LogP contribution in [0.1, 0.15) is 23.1 Å². The summed E-state index contributed by atoms with van der Waals surface area (Å²) < 4.78 is 5.87. The van der Waals surface area contributed by atoms with Crippen LogP contribution in [0.3, 0.4) is 0 Å². The van der Waals surface area contributed by atoms with Gasteiger partial charge >= 0.3 is 0 Å². The highest BCUT2D eigenvalue weighted by Crippen LogP contribution is 2.24. The number of aliphatic hydroxyl groups excluding tert-OH is 3. The molecular formula is C33H38N2O4. The SMILES string of the molecule is OC[C@H](O)Cc1ccccc1.O[C@H](Cc1ccccc1)Cc1cccc(-c2cncc(OC[C@@H]3CCN3)c2)c1. The normalized spacial score (nSPS) is 15.8. The average Bonchev–Trinajstić information content (AvgIpc) is 2.94. The van der Waals surface area contributed by atoms with Gasteiger partial charge in [-0.15, -0.1) is 0 Å². The van der Waals surface area contributed by atoms with Crippen molar-refractivity contribution in [2.75, 3.05) is 19.8 Å². The summed E-state index contributed by atoms with van der Waals surface area (Å²) in [5.74, 6) is 0.792. The minimum absolute atomic E-state index is 0.172. The van der Waals surface area contributed by atoms with Crippen molar-refractivity contribution in [3.8, 4) is 16.9 Å². The van der Waals surface area contributed by atoms with E-state index in [1.54, 1.807) is 6.20 Å². The van der Waals surface area contributed by atoms with Crippen molar-refractivity contribution in [3.63, 3.8) is 0 Å². The van der Waals surface area contributed by atoms with Gasteiger partial charge in [0.2, 0.25) is 0 Å². The van der Waals surface area contributed by atoms with Crippen LogP contribution in [-0.2, 0) is 19.3 Å². The first kappa shape index (κ1) is 28.5. The summed E-state index contributed by atoms with van der Waals surface area (Å²) in [7, 11) is 0. The summed E-state index contributed by atoms with van der Waals surface area (Å²) >= 11 is 0. The minimum Gasteiger partial charge on any atom is -0.490 e. The van der Waals surface area contributed by atoms with E-state index in [-0.39, 0.29) is 6.61 Å². The number of nitrogens with one attached hydrogen (secondary N) is 1. The van der Waals surface area contributed by atoms with E-state index in [4.69, 9.17) is 14.9 Å². The van der Waals surface area contributed by atoms with Gasteiger partial charge in [0.1, 0.15) is 12.4 Å². The molecule has 0 unspecified atom stereocenters. The lowest BCUT2D eigenvalue weighted by Crippen LogP contribution is -2.46. The number of hydrogen-bond donors (Lipinski definition) is 4. The molecule has 0 radical (unpaired) electrons. The molecule has 6 nitrogen and oxygen atoms in total. The van der Waals surface area contributed by atoms with E-state index in [2.05, 4.69) is 40.6 Å². The fourth-order valence-corrected chi connectivity index (χ4v) is 4.40. The van der Waals surface area contributed by atoms with Gasteiger partial charge in [0, 0.05) is 24.2 Å². The molecule has 0 spiro atoms. The van der Waals surface area contributed by atoms with Crippen molar-refractivity contribution in [2.45, 2.75) is 43.9 Å². The van der Waals surface area contributed by atoms with Gasteiger partial charge in [-0.2, -0.15) is 0 Å². The highest BCUT2D eigenvalue weighted by atomic mass is 16.5. The molecule has 0 bridgehead atoms. The van der Waals surface area contributed by atoms with E-state index < -0.39 is 12.2 Å². The highest BCUT2D eigenvalue weighted by molar-refractivity contribution is 5.64. The number of hydrogen-bond acceptors (Lipinski definition) is 6. The average molecular weight is 527 g/mol. The lowest BCUT2D eigenvalue weighted by atomic mass is 9.98. The second kappa shape index (κ2) is 15.1. The molecule has 5 rings (SSSR count). The lowest BCUT2D eigenvalue weighted by Gasteiger charge is -2.27. The monoisotopic (exact) mass is 526 g/mol. The van der Waals surface area contributed by atoms with E-state index in [0.29, 0.717) is 31.9 Å². The van der Waals surface area contributed by atoms with Gasteiger partial charge in [-0.1, -0.05) is 84.9 Å². The first-order valence-electron chi connectivity index (χ1n) is 13.5. The number of nitrogens with zero attached hydrogens (tertiary/aromatic N) is 1. The summed E-state index contributed by atoms with van der Waals surface area (Å²) in [6.45, 7) is 1.58. The molecule has 1 fully saturated rings. The van der Waals surface area contributed by atoms with Crippen molar-refractivity contribution in [1.29, 1.82) is 0 Å². The zero-order chi connectivity index (χ0) is 27.3. The summed E-state index contributed by atoms with van der Waals surface area (Å²) in [5.41, 5.74) is 5.43. The molecule has 39 heavy (non-hydrogen) atoms. The summed E-state index contributed by atoms with van der Waals surface area (Å²) in [5, 5.41) is 31.4. The number of aliphatic hydroxyl groups is 3. The van der Waals surface area contributed by atoms with Gasteiger partial charge < -0.3 is 25.4 Å². The Hall–Kier alpha value is -3.55. The number of pyridine rings is 1. The number of ether oxygens (including phenoxy) is 1. The van der Waals surface area contributed by atoms with E-state index in [0.717, 1.165) is 40.1 Å². The number of rotatable bonds is 11. The third-order valence-electron chi connectivity index (χ3n) is 6.66. The molecule has 1 aromatic heterocycles. The summed E-state index contributed by atoms with van der Waals surface area (Å²) in [6, 6.07) is 30.5. The van der Waals surface area contributed by atoms with Crippen molar-refractivity contribution in [1.82, 2.24) is 10.3 Å². The Labute approximate surface area is 231 Å². The Morgan fingerprint density at radius 2 is 1.36 bits per heavy atom. The topological polar surface area (TPSA) is 94.8 Å². The molecule has 3 aromatic carbocycles. The maximum absolute atomic E-state index is 10.5. The van der Waals surface area contributed by atoms with Gasteiger partial charge in [-0.05, 0) is 54.1 Å². The minimum atomic E-state index is -0.627. The maximum Gasteiger partial charge on any atom is 0.138 e. The zero-order valence-corrected chi connectivity index (χ0v) is 22.2. The Bertz CT molecular complexity index is 1250. The summed E-state index contributed by atoms with van der Waals surface area (Å²) in [4.78, 5) is 4.33. The zero-order valence-electron chi connectivity index (χ0n) is 22.2. The fraction of sp³-hybridized carbons (Fsp3) is 0.303. The quantitative estimate of drug-likeness (QED) is 0.234. The highest BCUT2D eigenvalue weighted by Gasteiger charge is 2.17. The molecule has 1 aliphatic rings. The molecule has 4 N–H and O–H groups in total. The van der Waals surface area contributed by atoms with E-state index >= 15 is 0 Å². The largest absolute Gasteiger partial charge is 0.490 e.